The molecule has 1 aliphatic rings. The van der Waals surface area contributed by atoms with Gasteiger partial charge in [0.1, 0.15) is 5.60 Å². The molecule has 15 heavy (non-hydrogen) atoms. The Morgan fingerprint density at radius 3 is 2.53 bits per heavy atom. The lowest BCUT2D eigenvalue weighted by Crippen LogP contribution is -2.34. The summed E-state index contributed by atoms with van der Waals surface area (Å²) in [5.74, 6) is -0.761. The Labute approximate surface area is 88.8 Å². The molecule has 2 atom stereocenters. The van der Waals surface area contributed by atoms with E-state index < -0.39 is 17.7 Å². The van der Waals surface area contributed by atoms with Gasteiger partial charge in [-0.15, -0.1) is 0 Å². The van der Waals surface area contributed by atoms with Gasteiger partial charge in [0, 0.05) is 6.04 Å². The van der Waals surface area contributed by atoms with Crippen molar-refractivity contribution in [3.8, 4) is 0 Å². The summed E-state index contributed by atoms with van der Waals surface area (Å²) in [6.45, 7) is 5.36. The highest BCUT2D eigenvalue weighted by atomic mass is 16.6. The molecule has 0 aromatic rings. The minimum atomic E-state index is -0.825. The lowest BCUT2D eigenvalue weighted by molar-refractivity contribution is -0.137. The van der Waals surface area contributed by atoms with Gasteiger partial charge in [-0.25, -0.2) is 4.79 Å². The minimum Gasteiger partial charge on any atom is -0.481 e. The van der Waals surface area contributed by atoms with Crippen molar-refractivity contribution < 1.29 is 19.4 Å². The number of carbonyl (C=O) groups excluding carboxylic acids is 1. The Morgan fingerprint density at radius 1 is 1.47 bits per heavy atom. The van der Waals surface area contributed by atoms with Crippen LogP contribution in [0.15, 0.2) is 0 Å². The van der Waals surface area contributed by atoms with E-state index in [1.807, 2.05) is 0 Å². The molecule has 0 spiro atoms. The third-order valence-electron chi connectivity index (χ3n) is 2.06. The molecule has 0 aliphatic heterocycles. The molecule has 1 amide bonds. The van der Waals surface area contributed by atoms with E-state index in [1.165, 1.54) is 0 Å². The summed E-state index contributed by atoms with van der Waals surface area (Å²) < 4.78 is 5.04. The highest BCUT2D eigenvalue weighted by Gasteiger charge is 2.40. The van der Waals surface area contributed by atoms with Crippen LogP contribution in [0.25, 0.3) is 0 Å². The molecule has 0 aromatic carbocycles. The van der Waals surface area contributed by atoms with Crippen molar-refractivity contribution in [2.45, 2.75) is 45.3 Å². The first-order valence-corrected chi connectivity index (χ1v) is 4.99. The molecule has 86 valence electrons. The number of nitrogens with one attached hydrogen (secondary N) is 1. The van der Waals surface area contributed by atoms with Crippen LogP contribution in [0.3, 0.4) is 0 Å². The molecule has 0 heterocycles. The van der Waals surface area contributed by atoms with Crippen molar-refractivity contribution in [3.05, 3.63) is 0 Å². The van der Waals surface area contributed by atoms with Crippen LogP contribution in [0, 0.1) is 5.92 Å². The predicted octanol–water partition coefficient (Wildman–Crippen LogP) is 1.37. The Balaban J connectivity index is 2.22. The van der Waals surface area contributed by atoms with Crippen LogP contribution < -0.4 is 5.32 Å². The number of hydrogen-bond donors (Lipinski definition) is 2. The summed E-state index contributed by atoms with van der Waals surface area (Å²) in [4.78, 5) is 21.6. The first kappa shape index (κ1) is 11.8. The lowest BCUT2D eigenvalue weighted by Gasteiger charge is -2.19. The Kier molecular flexibility index (Phi) is 3.21. The van der Waals surface area contributed by atoms with Crippen molar-refractivity contribution in [1.29, 1.82) is 0 Å². The molecule has 5 heteroatoms. The topological polar surface area (TPSA) is 75.6 Å². The van der Waals surface area contributed by atoms with E-state index in [0.29, 0.717) is 0 Å². The van der Waals surface area contributed by atoms with Crippen LogP contribution in [0.2, 0.25) is 0 Å². The van der Waals surface area contributed by atoms with Crippen molar-refractivity contribution in [1.82, 2.24) is 5.32 Å². The summed E-state index contributed by atoms with van der Waals surface area (Å²) in [6, 6.07) is -0.0315. The quantitative estimate of drug-likeness (QED) is 0.745. The van der Waals surface area contributed by atoms with E-state index in [0.717, 1.165) is 6.42 Å². The highest BCUT2D eigenvalue weighted by Crippen LogP contribution is 2.33. The van der Waals surface area contributed by atoms with Crippen LogP contribution in [0.1, 0.15) is 33.6 Å². The monoisotopic (exact) mass is 215 g/mol. The Hall–Kier alpha value is -1.26. The fourth-order valence-corrected chi connectivity index (χ4v) is 1.33. The minimum absolute atomic E-state index is 0.0315. The zero-order valence-corrected chi connectivity index (χ0v) is 9.24. The van der Waals surface area contributed by atoms with Gasteiger partial charge in [-0.1, -0.05) is 0 Å². The maximum Gasteiger partial charge on any atom is 0.407 e. The molecule has 1 unspecified atom stereocenters. The second kappa shape index (κ2) is 4.08. The van der Waals surface area contributed by atoms with Crippen LogP contribution in [0.4, 0.5) is 4.79 Å². The number of rotatable bonds is 3. The molecule has 2 N–H and O–H groups in total. The van der Waals surface area contributed by atoms with Crippen LogP contribution in [-0.4, -0.2) is 28.8 Å². The van der Waals surface area contributed by atoms with Gasteiger partial charge in [0.15, 0.2) is 0 Å². The number of ether oxygens (including phenoxy) is 1. The van der Waals surface area contributed by atoms with Gasteiger partial charge in [-0.2, -0.15) is 0 Å². The van der Waals surface area contributed by atoms with E-state index >= 15 is 0 Å². The number of hydrogen-bond acceptors (Lipinski definition) is 3. The van der Waals surface area contributed by atoms with Gasteiger partial charge in [0.05, 0.1) is 6.42 Å². The summed E-state index contributed by atoms with van der Waals surface area (Å²) in [7, 11) is 0. The second-order valence-corrected chi connectivity index (χ2v) is 4.85. The first-order valence-electron chi connectivity index (χ1n) is 4.99. The number of carboxylic acids is 1. The highest BCUT2D eigenvalue weighted by molar-refractivity contribution is 5.70. The van der Waals surface area contributed by atoms with Gasteiger partial charge in [-0.3, -0.25) is 4.79 Å². The third-order valence-corrected chi connectivity index (χ3v) is 2.06. The lowest BCUT2D eigenvalue weighted by atomic mass is 10.2. The molecule has 1 saturated carbocycles. The van der Waals surface area contributed by atoms with Crippen molar-refractivity contribution >= 4 is 12.1 Å². The SMILES string of the molecule is CC(C)(C)OC(=O)N[C@H]1CC1CC(=O)O. The smallest absolute Gasteiger partial charge is 0.407 e. The fraction of sp³-hybridized carbons (Fsp3) is 0.800. The van der Waals surface area contributed by atoms with Gasteiger partial charge in [-0.05, 0) is 33.1 Å². The number of carbonyl (C=O) groups is 2. The predicted molar refractivity (Wildman–Crippen MR) is 53.5 cm³/mol. The molecule has 0 bridgehead atoms. The molecular weight excluding hydrogens is 198 g/mol. The zero-order chi connectivity index (χ0) is 11.6. The van der Waals surface area contributed by atoms with E-state index in [2.05, 4.69) is 5.32 Å². The van der Waals surface area contributed by atoms with Gasteiger partial charge in [0.25, 0.3) is 0 Å². The van der Waals surface area contributed by atoms with Crippen molar-refractivity contribution in [3.63, 3.8) is 0 Å². The van der Waals surface area contributed by atoms with E-state index in [9.17, 15) is 9.59 Å². The van der Waals surface area contributed by atoms with Crippen LogP contribution in [-0.2, 0) is 9.53 Å². The van der Waals surface area contributed by atoms with Crippen molar-refractivity contribution in [2.24, 2.45) is 5.92 Å². The molecule has 5 nitrogen and oxygen atoms in total. The normalized spacial score (nSPS) is 24.5. The Bertz CT molecular complexity index is 269. The van der Waals surface area contributed by atoms with Crippen LogP contribution in [0.5, 0.6) is 0 Å². The van der Waals surface area contributed by atoms with Crippen LogP contribution >= 0.6 is 0 Å². The molecule has 1 fully saturated rings. The molecule has 1 aliphatic carbocycles. The first-order chi connectivity index (χ1) is 6.78. The summed E-state index contributed by atoms with van der Waals surface area (Å²) in [5, 5.41) is 11.2. The van der Waals surface area contributed by atoms with Gasteiger partial charge < -0.3 is 15.2 Å². The number of carboxylic acid groups (broad SMARTS) is 1. The fourth-order valence-electron chi connectivity index (χ4n) is 1.33. The molecule has 0 saturated heterocycles. The summed E-state index contributed by atoms with van der Waals surface area (Å²) in [6.07, 6.45) is 0.367. The van der Waals surface area contributed by atoms with E-state index in [-0.39, 0.29) is 18.4 Å². The number of amides is 1. The number of alkyl carbamates (subject to hydrolysis) is 1. The van der Waals surface area contributed by atoms with E-state index in [1.54, 1.807) is 20.8 Å². The molecule has 0 radical (unpaired) electrons. The molecular formula is C10H17NO4. The molecule has 1 rings (SSSR count). The Morgan fingerprint density at radius 2 is 2.07 bits per heavy atom. The average molecular weight is 215 g/mol. The largest absolute Gasteiger partial charge is 0.481 e. The van der Waals surface area contributed by atoms with Gasteiger partial charge >= 0.3 is 12.1 Å². The average Bonchev–Trinajstić information content (AvgIpc) is 2.60. The standard InChI is InChI=1S/C10H17NO4/c1-10(2,3)15-9(14)11-7-4-6(7)5-8(12)13/h6-7H,4-5H2,1-3H3,(H,11,14)(H,12,13)/t6?,7-/m0/s1. The molecule has 0 aromatic heterocycles. The third kappa shape index (κ3) is 4.67. The summed E-state index contributed by atoms with van der Waals surface area (Å²) >= 11 is 0. The maximum absolute atomic E-state index is 11.3. The zero-order valence-electron chi connectivity index (χ0n) is 9.24. The van der Waals surface area contributed by atoms with Crippen molar-refractivity contribution in [2.75, 3.05) is 0 Å². The maximum atomic E-state index is 11.3. The summed E-state index contributed by atoms with van der Waals surface area (Å²) in [5.41, 5.74) is -0.513. The number of aliphatic carboxylic acids is 1. The van der Waals surface area contributed by atoms with Gasteiger partial charge in [0.2, 0.25) is 0 Å². The second-order valence-electron chi connectivity index (χ2n) is 4.85. The van der Waals surface area contributed by atoms with E-state index in [4.69, 9.17) is 9.84 Å².